The Bertz CT molecular complexity index is 293. The first-order valence-corrected chi connectivity index (χ1v) is 6.38. The van der Waals surface area contributed by atoms with E-state index in [4.69, 9.17) is 0 Å². The number of rotatable bonds is 7. The number of hydrogen-bond donors (Lipinski definition) is 1. The maximum atomic E-state index is 4.26. The Kier molecular flexibility index (Phi) is 5.53. The van der Waals surface area contributed by atoms with Gasteiger partial charge in [-0.2, -0.15) is 5.10 Å². The highest BCUT2D eigenvalue weighted by Gasteiger charge is 2.20. The van der Waals surface area contributed by atoms with E-state index in [1.165, 1.54) is 31.2 Å². The topological polar surface area (TPSA) is 29.9 Å². The summed E-state index contributed by atoms with van der Waals surface area (Å²) in [5.41, 5.74) is 1.31. The highest BCUT2D eigenvalue weighted by molar-refractivity contribution is 5.11. The summed E-state index contributed by atoms with van der Waals surface area (Å²) in [4.78, 5) is 0. The second kappa shape index (κ2) is 6.69. The molecule has 0 spiro atoms. The smallest absolute Gasteiger partial charge is 0.0537 e. The van der Waals surface area contributed by atoms with E-state index in [1.807, 2.05) is 25.0 Å². The molecular formula is C13H25N3. The van der Waals surface area contributed by atoms with Crippen molar-refractivity contribution in [2.75, 3.05) is 7.05 Å². The molecule has 2 unspecified atom stereocenters. The number of unbranched alkanes of at least 4 members (excludes halogenated alkanes) is 1. The molecule has 0 saturated carbocycles. The SMILES string of the molecule is CCCCC(CC)C(NC)c1cnn(C)c1. The van der Waals surface area contributed by atoms with Gasteiger partial charge in [0, 0.05) is 24.8 Å². The van der Waals surface area contributed by atoms with Crippen molar-refractivity contribution >= 4 is 0 Å². The predicted octanol–water partition coefficient (Wildman–Crippen LogP) is 2.90. The normalized spacial score (nSPS) is 15.0. The Balaban J connectivity index is 2.70. The zero-order valence-corrected chi connectivity index (χ0v) is 11.0. The van der Waals surface area contributed by atoms with Crippen LogP contribution in [0.1, 0.15) is 51.1 Å². The van der Waals surface area contributed by atoms with Crippen LogP contribution in [0.15, 0.2) is 12.4 Å². The fourth-order valence-corrected chi connectivity index (χ4v) is 2.35. The molecule has 0 saturated heterocycles. The van der Waals surface area contributed by atoms with Gasteiger partial charge in [0.1, 0.15) is 0 Å². The van der Waals surface area contributed by atoms with Gasteiger partial charge in [0.2, 0.25) is 0 Å². The van der Waals surface area contributed by atoms with Crippen molar-refractivity contribution in [3.8, 4) is 0 Å². The van der Waals surface area contributed by atoms with E-state index in [0.29, 0.717) is 12.0 Å². The lowest BCUT2D eigenvalue weighted by Gasteiger charge is -2.25. The van der Waals surface area contributed by atoms with E-state index in [1.54, 1.807) is 0 Å². The summed E-state index contributed by atoms with van der Waals surface area (Å²) in [6.45, 7) is 4.53. The molecule has 3 heteroatoms. The van der Waals surface area contributed by atoms with E-state index in [0.717, 1.165) is 0 Å². The molecule has 2 atom stereocenters. The Labute approximate surface area is 99.2 Å². The molecular weight excluding hydrogens is 198 g/mol. The molecule has 92 valence electrons. The first kappa shape index (κ1) is 13.2. The second-order valence-electron chi connectivity index (χ2n) is 4.52. The monoisotopic (exact) mass is 223 g/mol. The van der Waals surface area contributed by atoms with Crippen LogP contribution in [-0.4, -0.2) is 16.8 Å². The molecule has 16 heavy (non-hydrogen) atoms. The standard InChI is InChI=1S/C13H25N3/c1-5-7-8-11(6-2)13(14-3)12-9-15-16(4)10-12/h9-11,13-14H,5-8H2,1-4H3. The molecule has 0 bridgehead atoms. The van der Waals surface area contributed by atoms with Crippen LogP contribution >= 0.6 is 0 Å². The van der Waals surface area contributed by atoms with Crippen molar-refractivity contribution < 1.29 is 0 Å². The maximum Gasteiger partial charge on any atom is 0.0537 e. The van der Waals surface area contributed by atoms with E-state index in [2.05, 4.69) is 30.5 Å². The third-order valence-electron chi connectivity index (χ3n) is 3.32. The van der Waals surface area contributed by atoms with E-state index in [-0.39, 0.29) is 0 Å². The van der Waals surface area contributed by atoms with E-state index in [9.17, 15) is 0 Å². The lowest BCUT2D eigenvalue weighted by Crippen LogP contribution is -2.24. The molecule has 0 radical (unpaired) electrons. The molecule has 0 aliphatic heterocycles. The molecule has 0 aliphatic rings. The Morgan fingerprint density at radius 3 is 2.62 bits per heavy atom. The second-order valence-corrected chi connectivity index (χ2v) is 4.52. The van der Waals surface area contributed by atoms with Crippen molar-refractivity contribution in [2.24, 2.45) is 13.0 Å². The quantitative estimate of drug-likeness (QED) is 0.770. The summed E-state index contributed by atoms with van der Waals surface area (Å²) in [6, 6.07) is 0.449. The van der Waals surface area contributed by atoms with Gasteiger partial charge in [-0.15, -0.1) is 0 Å². The van der Waals surface area contributed by atoms with Gasteiger partial charge in [0.25, 0.3) is 0 Å². The molecule has 1 rings (SSSR count). The molecule has 1 heterocycles. The van der Waals surface area contributed by atoms with Crippen molar-refractivity contribution in [1.82, 2.24) is 15.1 Å². The number of nitrogens with one attached hydrogen (secondary N) is 1. The minimum Gasteiger partial charge on any atom is -0.313 e. The van der Waals surface area contributed by atoms with Crippen molar-refractivity contribution in [1.29, 1.82) is 0 Å². The summed E-state index contributed by atoms with van der Waals surface area (Å²) in [6.07, 6.45) is 9.22. The summed E-state index contributed by atoms with van der Waals surface area (Å²) in [5.74, 6) is 0.717. The van der Waals surface area contributed by atoms with Gasteiger partial charge < -0.3 is 5.32 Å². The number of nitrogens with zero attached hydrogens (tertiary/aromatic N) is 2. The zero-order chi connectivity index (χ0) is 12.0. The Morgan fingerprint density at radius 1 is 1.44 bits per heavy atom. The van der Waals surface area contributed by atoms with Crippen LogP contribution in [0, 0.1) is 5.92 Å². The van der Waals surface area contributed by atoms with Gasteiger partial charge in [-0.05, 0) is 19.4 Å². The third kappa shape index (κ3) is 3.34. The molecule has 0 amide bonds. The van der Waals surface area contributed by atoms with Gasteiger partial charge in [-0.25, -0.2) is 0 Å². The number of hydrogen-bond acceptors (Lipinski definition) is 2. The van der Waals surface area contributed by atoms with Crippen LogP contribution < -0.4 is 5.32 Å². The average Bonchev–Trinajstić information content (AvgIpc) is 2.70. The third-order valence-corrected chi connectivity index (χ3v) is 3.32. The predicted molar refractivity (Wildman–Crippen MR) is 68.3 cm³/mol. The largest absolute Gasteiger partial charge is 0.313 e. The van der Waals surface area contributed by atoms with Crippen LogP contribution in [0.3, 0.4) is 0 Å². The van der Waals surface area contributed by atoms with E-state index < -0.39 is 0 Å². The fraction of sp³-hybridized carbons (Fsp3) is 0.769. The van der Waals surface area contributed by atoms with Crippen LogP contribution in [0.2, 0.25) is 0 Å². The summed E-state index contributed by atoms with van der Waals surface area (Å²) < 4.78 is 1.88. The first-order valence-electron chi connectivity index (χ1n) is 6.38. The Hall–Kier alpha value is -0.830. The lowest BCUT2D eigenvalue weighted by molar-refractivity contribution is 0.339. The summed E-state index contributed by atoms with van der Waals surface area (Å²) >= 11 is 0. The molecule has 0 aliphatic carbocycles. The van der Waals surface area contributed by atoms with Gasteiger partial charge in [0.15, 0.2) is 0 Å². The summed E-state index contributed by atoms with van der Waals surface area (Å²) in [5, 5.41) is 7.70. The molecule has 0 aromatic carbocycles. The summed E-state index contributed by atoms with van der Waals surface area (Å²) in [7, 11) is 4.02. The van der Waals surface area contributed by atoms with Crippen molar-refractivity contribution in [3.63, 3.8) is 0 Å². The number of aryl methyl sites for hydroxylation is 1. The van der Waals surface area contributed by atoms with E-state index >= 15 is 0 Å². The molecule has 0 fully saturated rings. The highest BCUT2D eigenvalue weighted by Crippen LogP contribution is 2.28. The molecule has 1 N–H and O–H groups in total. The fourth-order valence-electron chi connectivity index (χ4n) is 2.35. The zero-order valence-electron chi connectivity index (χ0n) is 11.0. The van der Waals surface area contributed by atoms with Gasteiger partial charge >= 0.3 is 0 Å². The lowest BCUT2D eigenvalue weighted by atomic mass is 9.88. The molecule has 3 nitrogen and oxygen atoms in total. The number of aromatic nitrogens is 2. The minimum atomic E-state index is 0.449. The van der Waals surface area contributed by atoms with Crippen LogP contribution in [0.25, 0.3) is 0 Å². The minimum absolute atomic E-state index is 0.449. The van der Waals surface area contributed by atoms with Gasteiger partial charge in [-0.1, -0.05) is 33.1 Å². The average molecular weight is 223 g/mol. The maximum absolute atomic E-state index is 4.26. The van der Waals surface area contributed by atoms with Crippen molar-refractivity contribution in [2.45, 2.75) is 45.6 Å². The van der Waals surface area contributed by atoms with Gasteiger partial charge in [0.05, 0.1) is 6.20 Å². The molecule has 1 aromatic heterocycles. The van der Waals surface area contributed by atoms with Crippen LogP contribution in [0.5, 0.6) is 0 Å². The van der Waals surface area contributed by atoms with Gasteiger partial charge in [-0.3, -0.25) is 4.68 Å². The first-order chi connectivity index (χ1) is 7.72. The van der Waals surface area contributed by atoms with Crippen LogP contribution in [-0.2, 0) is 7.05 Å². The van der Waals surface area contributed by atoms with Crippen LogP contribution in [0.4, 0.5) is 0 Å². The van der Waals surface area contributed by atoms with Crippen molar-refractivity contribution in [3.05, 3.63) is 18.0 Å². The highest BCUT2D eigenvalue weighted by atomic mass is 15.2. The Morgan fingerprint density at radius 2 is 2.19 bits per heavy atom. The molecule has 1 aromatic rings.